The Hall–Kier alpha value is -1.15. The summed E-state index contributed by atoms with van der Waals surface area (Å²) < 4.78 is 13.4. The van der Waals surface area contributed by atoms with Gasteiger partial charge < -0.3 is 19.7 Å². The zero-order valence-corrected chi connectivity index (χ0v) is 19.1. The summed E-state index contributed by atoms with van der Waals surface area (Å²) in [6, 6.07) is 0. The second kappa shape index (κ2) is 10.8. The topological polar surface area (TPSA) is 54.8 Å². The van der Waals surface area contributed by atoms with Crippen molar-refractivity contribution in [3.8, 4) is 0 Å². The summed E-state index contributed by atoms with van der Waals surface area (Å²) in [5.41, 5.74) is 2.58. The van der Waals surface area contributed by atoms with E-state index in [9.17, 15) is 0 Å². The molecule has 29 heavy (non-hydrogen) atoms. The molecule has 3 rings (SSSR count). The van der Waals surface area contributed by atoms with Gasteiger partial charge >= 0.3 is 0 Å². The smallest absolute Gasteiger partial charge is 0.131 e. The van der Waals surface area contributed by atoms with E-state index in [1.807, 2.05) is 0 Å². The number of ether oxygens (including phenoxy) is 2. The van der Waals surface area contributed by atoms with Gasteiger partial charge in [0.25, 0.3) is 0 Å². The molecule has 0 aliphatic carbocycles. The molecule has 7 heteroatoms. The highest BCUT2D eigenvalue weighted by molar-refractivity contribution is 5.51. The third-order valence-corrected chi connectivity index (χ3v) is 5.88. The Morgan fingerprint density at radius 1 is 1.10 bits per heavy atom. The van der Waals surface area contributed by atoms with Crippen LogP contribution in [0.4, 0.5) is 5.82 Å². The van der Waals surface area contributed by atoms with Crippen molar-refractivity contribution in [2.75, 3.05) is 57.4 Å². The van der Waals surface area contributed by atoms with Crippen LogP contribution in [0.5, 0.6) is 0 Å². The molecular weight excluding hydrogens is 366 g/mol. The Labute approximate surface area is 176 Å². The number of unbranched alkanes of at least 4 members (excludes halogenated alkanes) is 1. The van der Waals surface area contributed by atoms with E-state index in [4.69, 9.17) is 14.6 Å². The van der Waals surface area contributed by atoms with E-state index < -0.39 is 0 Å². The number of hydrogen-bond acceptors (Lipinski definition) is 6. The van der Waals surface area contributed by atoms with E-state index in [2.05, 4.69) is 54.5 Å². The molecule has 1 aromatic rings. The number of rotatable bonds is 9. The largest absolute Gasteiger partial charge is 0.378 e. The number of aromatic nitrogens is 2. The van der Waals surface area contributed by atoms with Crippen molar-refractivity contribution < 1.29 is 9.47 Å². The van der Waals surface area contributed by atoms with E-state index in [0.717, 1.165) is 52.5 Å². The van der Waals surface area contributed by atoms with E-state index in [-0.39, 0.29) is 0 Å². The second-order valence-electron chi connectivity index (χ2n) is 8.97. The van der Waals surface area contributed by atoms with Gasteiger partial charge in [0.15, 0.2) is 0 Å². The highest BCUT2D eigenvalue weighted by Gasteiger charge is 2.24. The van der Waals surface area contributed by atoms with Crippen LogP contribution in [0.3, 0.4) is 0 Å². The summed E-state index contributed by atoms with van der Waals surface area (Å²) in [5.74, 6) is 1.69. The van der Waals surface area contributed by atoms with Crippen LogP contribution in [0.25, 0.3) is 0 Å². The molecular formula is C22H41N5O2. The van der Waals surface area contributed by atoms with Crippen LogP contribution in [0.15, 0.2) is 0 Å². The summed E-state index contributed by atoms with van der Waals surface area (Å²) >= 11 is 0. The van der Waals surface area contributed by atoms with Crippen molar-refractivity contribution in [1.29, 1.82) is 0 Å². The number of hydrogen-bond donors (Lipinski definition) is 1. The molecule has 3 heterocycles. The molecule has 0 saturated carbocycles. The third-order valence-electron chi connectivity index (χ3n) is 5.88. The van der Waals surface area contributed by atoms with Gasteiger partial charge in [-0.2, -0.15) is 5.10 Å². The van der Waals surface area contributed by atoms with Gasteiger partial charge in [-0.1, -0.05) is 13.8 Å². The highest BCUT2D eigenvalue weighted by atomic mass is 16.5. The van der Waals surface area contributed by atoms with Gasteiger partial charge in [-0.05, 0) is 45.7 Å². The molecule has 0 bridgehead atoms. The average Bonchev–Trinajstić information content (AvgIpc) is 3.01. The lowest BCUT2D eigenvalue weighted by molar-refractivity contribution is -0.0681. The van der Waals surface area contributed by atoms with E-state index in [1.54, 1.807) is 0 Å². The summed E-state index contributed by atoms with van der Waals surface area (Å²) in [6.45, 7) is 17.5. The first-order chi connectivity index (χ1) is 14.0. The fourth-order valence-electron chi connectivity index (χ4n) is 4.65. The maximum absolute atomic E-state index is 5.83. The predicted octanol–water partition coefficient (Wildman–Crippen LogP) is 2.36. The van der Waals surface area contributed by atoms with Gasteiger partial charge in [-0.15, -0.1) is 0 Å². The van der Waals surface area contributed by atoms with Crippen molar-refractivity contribution in [2.45, 2.75) is 65.2 Å². The molecule has 166 valence electrons. The minimum absolute atomic E-state index is 0.357. The Balaban J connectivity index is 1.48. The molecule has 2 unspecified atom stereocenters. The zero-order chi connectivity index (χ0) is 20.8. The minimum atomic E-state index is 0.357. The monoisotopic (exact) mass is 407 g/mol. The van der Waals surface area contributed by atoms with Crippen molar-refractivity contribution in [3.63, 3.8) is 0 Å². The van der Waals surface area contributed by atoms with Crippen LogP contribution in [-0.2, 0) is 23.1 Å². The van der Waals surface area contributed by atoms with Crippen LogP contribution >= 0.6 is 0 Å². The van der Waals surface area contributed by atoms with Gasteiger partial charge in [-0.3, -0.25) is 9.58 Å². The zero-order valence-electron chi connectivity index (χ0n) is 19.1. The van der Waals surface area contributed by atoms with Crippen molar-refractivity contribution >= 4 is 5.82 Å². The van der Waals surface area contributed by atoms with Crippen LogP contribution in [0, 0.1) is 0 Å². The molecule has 2 saturated heterocycles. The summed E-state index contributed by atoms with van der Waals surface area (Å²) in [4.78, 5) is 4.98. The average molecular weight is 408 g/mol. The molecule has 0 radical (unpaired) electrons. The Kier molecular flexibility index (Phi) is 8.35. The lowest BCUT2D eigenvalue weighted by Crippen LogP contribution is -2.45. The Morgan fingerprint density at radius 3 is 2.45 bits per heavy atom. The molecule has 0 spiro atoms. The molecule has 0 amide bonds. The van der Waals surface area contributed by atoms with E-state index in [1.165, 1.54) is 36.5 Å². The van der Waals surface area contributed by atoms with Gasteiger partial charge in [0, 0.05) is 45.3 Å². The van der Waals surface area contributed by atoms with Gasteiger partial charge in [0.1, 0.15) is 5.82 Å². The van der Waals surface area contributed by atoms with E-state index in [0.29, 0.717) is 18.1 Å². The predicted molar refractivity (Wildman–Crippen MR) is 118 cm³/mol. The number of nitrogens with one attached hydrogen (secondary N) is 1. The fourth-order valence-corrected chi connectivity index (χ4v) is 4.65. The summed E-state index contributed by atoms with van der Waals surface area (Å²) in [6.07, 6.45) is 3.14. The number of aryl methyl sites for hydroxylation is 1. The minimum Gasteiger partial charge on any atom is -0.378 e. The fraction of sp³-hybridized carbons (Fsp3) is 0.864. The SMILES string of the molecule is CC1CN(CCCCNCc2c(C(C)C)nn(C)c2N2CCOCC2)CC(C)O1. The first-order valence-corrected chi connectivity index (χ1v) is 11.4. The van der Waals surface area contributed by atoms with Crippen LogP contribution in [-0.4, -0.2) is 79.4 Å². The Bertz CT molecular complexity index is 617. The van der Waals surface area contributed by atoms with Gasteiger partial charge in [-0.25, -0.2) is 0 Å². The molecule has 2 atom stereocenters. The summed E-state index contributed by atoms with van der Waals surface area (Å²) in [5, 5.41) is 8.54. The van der Waals surface area contributed by atoms with Crippen molar-refractivity contribution in [2.24, 2.45) is 7.05 Å². The molecule has 1 aromatic heterocycles. The lowest BCUT2D eigenvalue weighted by atomic mass is 10.0. The lowest BCUT2D eigenvalue weighted by Gasteiger charge is -2.35. The normalized spacial score (nSPS) is 23.9. The van der Waals surface area contributed by atoms with Crippen LogP contribution < -0.4 is 10.2 Å². The number of nitrogens with zero attached hydrogens (tertiary/aromatic N) is 4. The highest BCUT2D eigenvalue weighted by Crippen LogP contribution is 2.29. The van der Waals surface area contributed by atoms with Crippen LogP contribution in [0.1, 0.15) is 57.7 Å². The molecule has 1 N–H and O–H groups in total. The Morgan fingerprint density at radius 2 is 1.79 bits per heavy atom. The molecule has 2 fully saturated rings. The van der Waals surface area contributed by atoms with E-state index >= 15 is 0 Å². The van der Waals surface area contributed by atoms with Crippen molar-refractivity contribution in [3.05, 3.63) is 11.3 Å². The van der Waals surface area contributed by atoms with Gasteiger partial charge in [0.2, 0.25) is 0 Å². The molecule has 7 nitrogen and oxygen atoms in total. The first-order valence-electron chi connectivity index (χ1n) is 11.4. The maximum atomic E-state index is 5.83. The third kappa shape index (κ3) is 6.17. The first kappa shape index (κ1) is 22.5. The quantitative estimate of drug-likeness (QED) is 0.634. The molecule has 2 aliphatic rings. The van der Waals surface area contributed by atoms with Crippen molar-refractivity contribution in [1.82, 2.24) is 20.0 Å². The number of morpholine rings is 2. The maximum Gasteiger partial charge on any atom is 0.131 e. The second-order valence-corrected chi connectivity index (χ2v) is 8.97. The van der Waals surface area contributed by atoms with Gasteiger partial charge in [0.05, 0.1) is 31.1 Å². The molecule has 0 aromatic carbocycles. The van der Waals surface area contributed by atoms with Crippen LogP contribution in [0.2, 0.25) is 0 Å². The standard InChI is InChI=1S/C22H41N5O2/c1-17(2)21-20(22(25(5)24-21)27-10-12-28-13-11-27)14-23-8-6-7-9-26-15-18(3)29-19(4)16-26/h17-19,23H,6-16H2,1-5H3. The number of anilines is 1. The summed E-state index contributed by atoms with van der Waals surface area (Å²) in [7, 11) is 2.07. The molecule has 2 aliphatic heterocycles.